The summed E-state index contributed by atoms with van der Waals surface area (Å²) in [5.41, 5.74) is 8.75. The normalized spacial score (nSPS) is 19.1. The Kier molecular flexibility index (Phi) is 12.9. The molecule has 1 N–H and O–H groups in total. The molecular formula is C49H68N8O4. The number of amides is 4. The minimum absolute atomic E-state index is 0.0841. The Hall–Kier alpha value is -4.68. The predicted octanol–water partition coefficient (Wildman–Crippen LogP) is 6.15. The quantitative estimate of drug-likeness (QED) is 0.240. The lowest BCUT2D eigenvalue weighted by Crippen LogP contribution is -2.38. The van der Waals surface area contributed by atoms with E-state index in [9.17, 15) is 19.2 Å². The first-order valence-electron chi connectivity index (χ1n) is 23.1. The molecule has 61 heavy (non-hydrogen) atoms. The molecule has 328 valence electrons. The van der Waals surface area contributed by atoms with Crippen molar-refractivity contribution in [2.24, 2.45) is 11.8 Å². The second-order valence-electron chi connectivity index (χ2n) is 19.1. The SMILES string of the molecule is CC1CCN(C(=O)c2ccc3c(c2)c2c(n3CC(=O)N(C)C)CCN(C3CCCC3)C2)CC1.CC1CCN(C(=O)c2ccc3c(c2)c2c(n3CC(=O)N(C)C)CCNC2)CC1. The molecule has 4 aliphatic heterocycles. The van der Waals surface area contributed by atoms with Gasteiger partial charge in [0.15, 0.2) is 0 Å². The van der Waals surface area contributed by atoms with Gasteiger partial charge in [-0.25, -0.2) is 0 Å². The highest BCUT2D eigenvalue weighted by Crippen LogP contribution is 2.36. The number of likely N-dealkylation sites (N-methyl/N-ethyl adjacent to an activating group) is 2. The molecule has 0 spiro atoms. The van der Waals surface area contributed by atoms with Crippen LogP contribution in [0, 0.1) is 11.8 Å². The highest BCUT2D eigenvalue weighted by atomic mass is 16.2. The smallest absolute Gasteiger partial charge is 0.253 e. The summed E-state index contributed by atoms with van der Waals surface area (Å²) in [4.78, 5) is 61.3. The maximum absolute atomic E-state index is 13.3. The molecule has 4 amide bonds. The number of piperidine rings is 2. The van der Waals surface area contributed by atoms with Crippen molar-refractivity contribution in [3.8, 4) is 0 Å². The molecule has 12 heteroatoms. The van der Waals surface area contributed by atoms with Crippen LogP contribution in [0.3, 0.4) is 0 Å². The first-order valence-corrected chi connectivity index (χ1v) is 23.1. The van der Waals surface area contributed by atoms with Gasteiger partial charge in [0.2, 0.25) is 11.8 Å². The number of nitrogens with one attached hydrogen (secondary N) is 1. The zero-order chi connectivity index (χ0) is 42.9. The highest BCUT2D eigenvalue weighted by Gasteiger charge is 2.32. The van der Waals surface area contributed by atoms with E-state index in [1.165, 1.54) is 48.2 Å². The number of benzene rings is 2. The van der Waals surface area contributed by atoms with E-state index >= 15 is 0 Å². The van der Waals surface area contributed by atoms with Crippen LogP contribution in [0.15, 0.2) is 36.4 Å². The van der Waals surface area contributed by atoms with E-state index in [0.717, 1.165) is 124 Å². The lowest BCUT2D eigenvalue weighted by atomic mass is 9.98. The Morgan fingerprint density at radius 3 is 1.59 bits per heavy atom. The maximum Gasteiger partial charge on any atom is 0.253 e. The van der Waals surface area contributed by atoms with Crippen molar-refractivity contribution in [3.05, 3.63) is 70.0 Å². The summed E-state index contributed by atoms with van der Waals surface area (Å²) in [5.74, 6) is 1.87. The molecule has 2 aromatic heterocycles. The van der Waals surface area contributed by atoms with Crippen LogP contribution in [0.4, 0.5) is 0 Å². The average Bonchev–Trinajstić information content (AvgIpc) is 4.00. The van der Waals surface area contributed by atoms with E-state index in [1.807, 2.05) is 48.2 Å². The van der Waals surface area contributed by atoms with Gasteiger partial charge in [0.1, 0.15) is 13.1 Å². The Morgan fingerprint density at radius 1 is 0.623 bits per heavy atom. The zero-order valence-corrected chi connectivity index (χ0v) is 37.6. The van der Waals surface area contributed by atoms with Crippen molar-refractivity contribution in [1.82, 2.24) is 39.0 Å². The van der Waals surface area contributed by atoms with Crippen LogP contribution in [-0.4, -0.2) is 131 Å². The van der Waals surface area contributed by atoms with Crippen LogP contribution in [0.2, 0.25) is 0 Å². The fourth-order valence-electron chi connectivity index (χ4n) is 10.4. The first-order chi connectivity index (χ1) is 29.4. The summed E-state index contributed by atoms with van der Waals surface area (Å²) < 4.78 is 4.36. The average molecular weight is 833 g/mol. The summed E-state index contributed by atoms with van der Waals surface area (Å²) >= 11 is 0. The summed E-state index contributed by atoms with van der Waals surface area (Å²) in [7, 11) is 7.22. The highest BCUT2D eigenvalue weighted by molar-refractivity contribution is 6.01. The molecule has 1 aliphatic carbocycles. The summed E-state index contributed by atoms with van der Waals surface area (Å²) in [6, 6.07) is 12.8. The largest absolute Gasteiger partial charge is 0.347 e. The van der Waals surface area contributed by atoms with Gasteiger partial charge in [-0.1, -0.05) is 26.7 Å². The van der Waals surface area contributed by atoms with Gasteiger partial charge in [0.05, 0.1) is 0 Å². The van der Waals surface area contributed by atoms with Crippen molar-refractivity contribution < 1.29 is 19.2 Å². The Morgan fingerprint density at radius 2 is 1.10 bits per heavy atom. The molecule has 6 heterocycles. The molecule has 4 aromatic rings. The zero-order valence-electron chi connectivity index (χ0n) is 37.6. The molecule has 2 saturated heterocycles. The van der Waals surface area contributed by atoms with Crippen molar-refractivity contribution in [2.75, 3.05) is 67.5 Å². The van der Waals surface area contributed by atoms with E-state index in [1.54, 1.807) is 23.9 Å². The number of hydrogen-bond acceptors (Lipinski definition) is 6. The molecule has 0 atom stereocenters. The van der Waals surface area contributed by atoms with Gasteiger partial charge in [-0.15, -0.1) is 0 Å². The van der Waals surface area contributed by atoms with Gasteiger partial charge in [0, 0.05) is 144 Å². The van der Waals surface area contributed by atoms with Gasteiger partial charge in [-0.2, -0.15) is 0 Å². The number of likely N-dealkylation sites (tertiary alicyclic amines) is 2. The van der Waals surface area contributed by atoms with E-state index < -0.39 is 0 Å². The number of fused-ring (bicyclic) bond motifs is 6. The van der Waals surface area contributed by atoms with Crippen molar-refractivity contribution >= 4 is 45.4 Å². The lowest BCUT2D eigenvalue weighted by Gasteiger charge is -2.33. The van der Waals surface area contributed by atoms with Gasteiger partial charge in [-0.05, 0) is 97.9 Å². The second-order valence-corrected chi connectivity index (χ2v) is 19.1. The van der Waals surface area contributed by atoms with Crippen molar-refractivity contribution in [2.45, 2.75) is 110 Å². The molecule has 9 rings (SSSR count). The standard InChI is InChI=1S/C27H38N4O2.C22H30N4O2/c1-19-10-13-29(14-11-19)27(33)20-8-9-24-22(16-20)23-17-30(21-6-4-5-7-21)15-12-25(23)31(24)18-26(32)28(2)3;1-15-7-10-25(11-8-15)22(28)16-4-5-19-17(12-16)18-13-23-9-6-20(18)26(19)14-21(27)24(2)3/h8-9,16,19,21H,4-7,10-15,17-18H2,1-3H3;4-5,12,15,23H,6-11,13-14H2,1-3H3. The summed E-state index contributed by atoms with van der Waals surface area (Å²) in [6.07, 6.45) is 11.5. The van der Waals surface area contributed by atoms with E-state index in [0.29, 0.717) is 31.0 Å². The summed E-state index contributed by atoms with van der Waals surface area (Å²) in [5, 5.41) is 5.70. The van der Waals surface area contributed by atoms with Gasteiger partial charge in [0.25, 0.3) is 11.8 Å². The number of carbonyl (C=O) groups excluding carboxylic acids is 4. The lowest BCUT2D eigenvalue weighted by molar-refractivity contribution is -0.130. The minimum atomic E-state index is 0.0841. The molecule has 2 aromatic carbocycles. The fourth-order valence-corrected chi connectivity index (χ4v) is 10.4. The third kappa shape index (κ3) is 8.98. The van der Waals surface area contributed by atoms with Crippen molar-refractivity contribution in [3.63, 3.8) is 0 Å². The summed E-state index contributed by atoms with van der Waals surface area (Å²) in [6.45, 7) is 12.3. The fraction of sp³-hybridized carbons (Fsp3) is 0.592. The molecular weight excluding hydrogens is 765 g/mol. The topological polar surface area (TPSA) is 106 Å². The Bertz CT molecular complexity index is 2270. The van der Waals surface area contributed by atoms with E-state index in [4.69, 9.17) is 0 Å². The van der Waals surface area contributed by atoms with Crippen molar-refractivity contribution in [1.29, 1.82) is 0 Å². The molecule has 1 saturated carbocycles. The molecule has 0 radical (unpaired) electrons. The molecule has 0 unspecified atom stereocenters. The van der Waals surface area contributed by atoms with Gasteiger partial charge in [-0.3, -0.25) is 24.1 Å². The van der Waals surface area contributed by atoms with E-state index in [2.05, 4.69) is 45.3 Å². The number of nitrogens with zero attached hydrogens (tertiary/aromatic N) is 7. The van der Waals surface area contributed by atoms with Crippen LogP contribution >= 0.6 is 0 Å². The molecule has 3 fully saturated rings. The van der Waals surface area contributed by atoms with Crippen LogP contribution in [0.1, 0.15) is 108 Å². The molecule has 0 bridgehead atoms. The number of hydrogen-bond donors (Lipinski definition) is 1. The van der Waals surface area contributed by atoms with E-state index in [-0.39, 0.29) is 23.6 Å². The van der Waals surface area contributed by atoms with Gasteiger partial charge < -0.3 is 34.1 Å². The molecule has 5 aliphatic rings. The maximum atomic E-state index is 13.3. The Labute approximate surface area is 362 Å². The van der Waals surface area contributed by atoms with Crippen LogP contribution < -0.4 is 5.32 Å². The second kappa shape index (κ2) is 18.3. The van der Waals surface area contributed by atoms with Crippen LogP contribution in [0.5, 0.6) is 0 Å². The Balaban J connectivity index is 0.000000171. The predicted molar refractivity (Wildman–Crippen MR) is 242 cm³/mol. The number of aromatic nitrogens is 2. The number of carbonyl (C=O) groups is 4. The first kappa shape index (κ1) is 43.0. The molecule has 12 nitrogen and oxygen atoms in total. The van der Waals surface area contributed by atoms with Crippen LogP contribution in [-0.2, 0) is 48.6 Å². The minimum Gasteiger partial charge on any atom is -0.347 e. The number of rotatable bonds is 7. The van der Waals surface area contributed by atoms with Gasteiger partial charge >= 0.3 is 0 Å². The van der Waals surface area contributed by atoms with Crippen LogP contribution in [0.25, 0.3) is 21.8 Å². The monoisotopic (exact) mass is 833 g/mol. The third-order valence-corrected chi connectivity index (χ3v) is 14.5. The third-order valence-electron chi connectivity index (χ3n) is 14.5.